The molecule has 2 aliphatic heterocycles. The van der Waals surface area contributed by atoms with Crippen LogP contribution in [0.4, 0.5) is 5.69 Å². The van der Waals surface area contributed by atoms with Crippen molar-refractivity contribution in [1.29, 1.82) is 0 Å². The SMILES string of the molecule is CCc1ccc(N2C(=O)C3C(c4ccc(Br)cc4)NC(CO)(C(=O)O)C3C2=O)cc1. The lowest BCUT2D eigenvalue weighted by atomic mass is 9.80. The molecule has 8 heteroatoms. The number of nitrogens with one attached hydrogen (secondary N) is 1. The average molecular weight is 473 g/mol. The quantitative estimate of drug-likeness (QED) is 0.576. The Morgan fingerprint density at radius 3 is 2.27 bits per heavy atom. The number of fused-ring (bicyclic) bond motifs is 1. The highest BCUT2D eigenvalue weighted by Gasteiger charge is 2.68. The van der Waals surface area contributed by atoms with E-state index in [0.29, 0.717) is 11.3 Å². The topological polar surface area (TPSA) is 107 Å². The van der Waals surface area contributed by atoms with Gasteiger partial charge in [0.25, 0.3) is 0 Å². The maximum Gasteiger partial charge on any atom is 0.327 e. The number of aliphatic carboxylic acids is 1. The summed E-state index contributed by atoms with van der Waals surface area (Å²) < 4.78 is 0.832. The van der Waals surface area contributed by atoms with Gasteiger partial charge in [0.05, 0.1) is 24.1 Å². The fourth-order valence-electron chi connectivity index (χ4n) is 4.50. The number of aryl methyl sites for hydroxylation is 1. The van der Waals surface area contributed by atoms with Crippen LogP contribution in [0.1, 0.15) is 24.1 Å². The number of imide groups is 1. The zero-order valence-electron chi connectivity index (χ0n) is 16.2. The Labute approximate surface area is 181 Å². The highest BCUT2D eigenvalue weighted by molar-refractivity contribution is 9.10. The number of anilines is 1. The number of carboxylic acids is 1. The largest absolute Gasteiger partial charge is 0.480 e. The zero-order chi connectivity index (χ0) is 21.6. The van der Waals surface area contributed by atoms with Gasteiger partial charge in [0.2, 0.25) is 11.8 Å². The molecule has 30 heavy (non-hydrogen) atoms. The number of carboxylic acid groups (broad SMARTS) is 1. The van der Waals surface area contributed by atoms with Crippen LogP contribution < -0.4 is 10.2 Å². The summed E-state index contributed by atoms with van der Waals surface area (Å²) in [6.07, 6.45) is 0.815. The monoisotopic (exact) mass is 472 g/mol. The van der Waals surface area contributed by atoms with Gasteiger partial charge in [-0.1, -0.05) is 47.1 Å². The van der Waals surface area contributed by atoms with E-state index in [-0.39, 0.29) is 0 Å². The molecule has 4 rings (SSSR count). The van der Waals surface area contributed by atoms with Gasteiger partial charge in [0.1, 0.15) is 0 Å². The number of rotatable bonds is 5. The van der Waals surface area contributed by atoms with Crippen LogP contribution in [0.2, 0.25) is 0 Å². The third-order valence-corrected chi connectivity index (χ3v) is 6.65. The first-order valence-electron chi connectivity index (χ1n) is 9.68. The maximum absolute atomic E-state index is 13.4. The van der Waals surface area contributed by atoms with E-state index in [1.54, 1.807) is 36.4 Å². The van der Waals surface area contributed by atoms with Crippen molar-refractivity contribution >= 4 is 39.4 Å². The molecule has 0 radical (unpaired) electrons. The lowest BCUT2D eigenvalue weighted by Gasteiger charge is -2.29. The van der Waals surface area contributed by atoms with Gasteiger partial charge >= 0.3 is 5.97 Å². The molecule has 7 nitrogen and oxygen atoms in total. The molecule has 4 atom stereocenters. The van der Waals surface area contributed by atoms with Crippen molar-refractivity contribution in [2.24, 2.45) is 11.8 Å². The Kier molecular flexibility index (Phi) is 5.25. The van der Waals surface area contributed by atoms with Gasteiger partial charge in [-0.2, -0.15) is 0 Å². The molecule has 4 unspecified atom stereocenters. The highest BCUT2D eigenvalue weighted by Crippen LogP contribution is 2.49. The molecule has 156 valence electrons. The molecule has 0 bridgehead atoms. The molecular weight excluding hydrogens is 452 g/mol. The highest BCUT2D eigenvalue weighted by atomic mass is 79.9. The van der Waals surface area contributed by atoms with Gasteiger partial charge in [-0.15, -0.1) is 0 Å². The van der Waals surface area contributed by atoms with E-state index in [9.17, 15) is 24.6 Å². The number of amides is 2. The van der Waals surface area contributed by atoms with Crippen LogP contribution in [0, 0.1) is 11.8 Å². The van der Waals surface area contributed by atoms with Gasteiger partial charge < -0.3 is 10.2 Å². The number of nitrogens with zero attached hydrogens (tertiary/aromatic N) is 1. The van der Waals surface area contributed by atoms with Gasteiger partial charge in [0, 0.05) is 10.5 Å². The van der Waals surface area contributed by atoms with E-state index in [1.807, 2.05) is 19.1 Å². The first-order chi connectivity index (χ1) is 14.3. The number of carbonyl (C=O) groups excluding carboxylic acids is 2. The predicted molar refractivity (Wildman–Crippen MR) is 113 cm³/mol. The Hall–Kier alpha value is -2.55. The second-order valence-electron chi connectivity index (χ2n) is 7.64. The predicted octanol–water partition coefficient (Wildman–Crippen LogP) is 2.28. The molecule has 0 spiro atoms. The molecule has 2 amide bonds. The second kappa shape index (κ2) is 7.61. The van der Waals surface area contributed by atoms with Crippen LogP contribution >= 0.6 is 15.9 Å². The maximum atomic E-state index is 13.4. The van der Waals surface area contributed by atoms with E-state index in [2.05, 4.69) is 21.2 Å². The summed E-state index contributed by atoms with van der Waals surface area (Å²) >= 11 is 3.36. The lowest BCUT2D eigenvalue weighted by molar-refractivity contribution is -0.150. The van der Waals surface area contributed by atoms with Crippen LogP contribution in [-0.4, -0.2) is 40.1 Å². The van der Waals surface area contributed by atoms with E-state index < -0.39 is 47.8 Å². The zero-order valence-corrected chi connectivity index (χ0v) is 17.8. The van der Waals surface area contributed by atoms with Gasteiger partial charge in [-0.05, 0) is 41.8 Å². The van der Waals surface area contributed by atoms with Gasteiger partial charge in [-0.25, -0.2) is 4.90 Å². The van der Waals surface area contributed by atoms with Crippen molar-refractivity contribution in [3.8, 4) is 0 Å². The van der Waals surface area contributed by atoms with E-state index in [1.165, 1.54) is 0 Å². The van der Waals surface area contributed by atoms with E-state index in [0.717, 1.165) is 21.4 Å². The minimum atomic E-state index is -1.94. The van der Waals surface area contributed by atoms with Crippen molar-refractivity contribution in [1.82, 2.24) is 5.32 Å². The molecule has 2 heterocycles. The first-order valence-corrected chi connectivity index (χ1v) is 10.5. The van der Waals surface area contributed by atoms with Crippen LogP contribution in [0.15, 0.2) is 53.0 Å². The number of halogens is 1. The Morgan fingerprint density at radius 2 is 1.73 bits per heavy atom. The van der Waals surface area contributed by atoms with Crippen LogP contribution in [0.25, 0.3) is 0 Å². The number of aliphatic hydroxyl groups excluding tert-OH is 1. The van der Waals surface area contributed by atoms with Crippen molar-refractivity contribution in [3.63, 3.8) is 0 Å². The lowest BCUT2D eigenvalue weighted by Crippen LogP contribution is -2.58. The summed E-state index contributed by atoms with van der Waals surface area (Å²) in [4.78, 5) is 40.0. The normalized spacial score (nSPS) is 28.1. The molecule has 2 fully saturated rings. The van der Waals surface area contributed by atoms with Crippen LogP contribution in [0.3, 0.4) is 0 Å². The molecule has 3 N–H and O–H groups in total. The average Bonchev–Trinajstić information content (AvgIpc) is 3.23. The minimum absolute atomic E-state index is 0.406. The third-order valence-electron chi connectivity index (χ3n) is 6.12. The van der Waals surface area contributed by atoms with Crippen molar-refractivity contribution < 1.29 is 24.6 Å². The fraction of sp³-hybridized carbons (Fsp3) is 0.318. The van der Waals surface area contributed by atoms with Gasteiger partial charge in [0.15, 0.2) is 5.54 Å². The molecule has 0 saturated carbocycles. The van der Waals surface area contributed by atoms with Crippen LogP contribution in [0.5, 0.6) is 0 Å². The Bertz CT molecular complexity index is 1010. The van der Waals surface area contributed by atoms with Gasteiger partial charge in [-0.3, -0.25) is 19.7 Å². The number of aliphatic hydroxyl groups is 1. The summed E-state index contributed by atoms with van der Waals surface area (Å²) in [5.74, 6) is -4.59. The summed E-state index contributed by atoms with van der Waals surface area (Å²) in [6.45, 7) is 1.20. The molecular formula is C22H21BrN2O5. The molecule has 2 saturated heterocycles. The molecule has 2 aromatic rings. The van der Waals surface area contributed by atoms with E-state index in [4.69, 9.17) is 0 Å². The van der Waals surface area contributed by atoms with Crippen molar-refractivity contribution in [2.75, 3.05) is 11.5 Å². The standard InChI is InChI=1S/C22H21BrN2O5/c1-2-12-3-9-15(10-4-12)25-19(27)16-17(20(25)28)22(11-26,21(29)30)24-18(16)13-5-7-14(23)8-6-13/h3-10,16-18,24,26H,2,11H2,1H3,(H,29,30). The van der Waals surface area contributed by atoms with Crippen molar-refractivity contribution in [3.05, 3.63) is 64.1 Å². The summed E-state index contributed by atoms with van der Waals surface area (Å²) in [7, 11) is 0. The van der Waals surface area contributed by atoms with E-state index >= 15 is 0 Å². The number of hydrogen-bond acceptors (Lipinski definition) is 5. The smallest absolute Gasteiger partial charge is 0.327 e. The molecule has 0 aliphatic carbocycles. The second-order valence-corrected chi connectivity index (χ2v) is 8.56. The number of benzene rings is 2. The first kappa shape index (κ1) is 20.7. The molecule has 2 aromatic carbocycles. The Morgan fingerprint density at radius 1 is 1.10 bits per heavy atom. The summed E-state index contributed by atoms with van der Waals surface area (Å²) in [5.41, 5.74) is 0.202. The van der Waals surface area contributed by atoms with Crippen LogP contribution in [-0.2, 0) is 20.8 Å². The number of hydrogen-bond donors (Lipinski definition) is 3. The number of carbonyl (C=O) groups is 3. The van der Waals surface area contributed by atoms with Crippen molar-refractivity contribution in [2.45, 2.75) is 24.9 Å². The molecule has 0 aromatic heterocycles. The minimum Gasteiger partial charge on any atom is -0.480 e. The third kappa shape index (κ3) is 2.98. The molecule has 2 aliphatic rings. The summed E-state index contributed by atoms with van der Waals surface area (Å²) in [6, 6.07) is 13.5. The summed E-state index contributed by atoms with van der Waals surface area (Å²) in [5, 5.41) is 22.9. The Balaban J connectivity index is 1.81. The fourth-order valence-corrected chi connectivity index (χ4v) is 4.77.